The molecule has 0 heterocycles. The molecule has 148 valence electrons. The van der Waals surface area contributed by atoms with Crippen LogP contribution in [0.15, 0.2) is 30.3 Å². The van der Waals surface area contributed by atoms with Crippen LogP contribution in [0.4, 0.5) is 5.69 Å². The largest absolute Gasteiger partial charge is 0.496 e. The lowest BCUT2D eigenvalue weighted by atomic mass is 10.0. The third-order valence-corrected chi connectivity index (χ3v) is 4.25. The fraction of sp³-hybridized carbons (Fsp3) is 0.238. The molecule has 0 atom stereocenters. The number of methoxy groups -OCH3 is 2. The number of nitrogens with two attached hydrogens (primary N) is 1. The third-order valence-electron chi connectivity index (χ3n) is 4.25. The van der Waals surface area contributed by atoms with Gasteiger partial charge < -0.3 is 25.1 Å². The molecule has 0 aliphatic heterocycles. The lowest BCUT2D eigenvalue weighted by Crippen LogP contribution is -2.10. The number of hydrogen-bond donors (Lipinski definition) is 2. The molecular weight excluding hydrogens is 362 g/mol. The molecule has 28 heavy (non-hydrogen) atoms. The summed E-state index contributed by atoms with van der Waals surface area (Å²) in [5, 5.41) is 8.85. The smallest absolute Gasteiger partial charge is 0.341 e. The molecule has 7 nitrogen and oxygen atoms in total. The van der Waals surface area contributed by atoms with Crippen LogP contribution in [0.25, 0.3) is 6.08 Å². The van der Waals surface area contributed by atoms with E-state index in [1.165, 1.54) is 25.3 Å². The fourth-order valence-corrected chi connectivity index (χ4v) is 2.61. The molecule has 2 rings (SSSR count). The number of ether oxygens (including phenoxy) is 3. The molecule has 0 aliphatic carbocycles. The molecule has 0 spiro atoms. The number of aryl methyl sites for hydroxylation is 1. The molecule has 0 bridgehead atoms. The number of rotatable bonds is 8. The van der Waals surface area contributed by atoms with Gasteiger partial charge in [-0.15, -0.1) is 0 Å². The van der Waals surface area contributed by atoms with Crippen molar-refractivity contribution in [1.29, 1.82) is 0 Å². The summed E-state index contributed by atoms with van der Waals surface area (Å²) in [7, 11) is 3.00. The Labute approximate surface area is 163 Å². The summed E-state index contributed by atoms with van der Waals surface area (Å²) in [6.45, 7) is 3.29. The van der Waals surface area contributed by atoms with Gasteiger partial charge in [-0.3, -0.25) is 4.79 Å². The summed E-state index contributed by atoms with van der Waals surface area (Å²) in [6.07, 6.45) is 2.90. The highest BCUT2D eigenvalue weighted by Gasteiger charge is 2.12. The lowest BCUT2D eigenvalue weighted by molar-refractivity contribution is -0.139. The minimum Gasteiger partial charge on any atom is -0.496 e. The van der Waals surface area contributed by atoms with Gasteiger partial charge in [-0.05, 0) is 55.3 Å². The van der Waals surface area contributed by atoms with Crippen LogP contribution >= 0.6 is 0 Å². The molecule has 0 radical (unpaired) electrons. The summed E-state index contributed by atoms with van der Waals surface area (Å²) in [4.78, 5) is 23.4. The Hall–Kier alpha value is -3.48. The van der Waals surface area contributed by atoms with E-state index in [-0.39, 0.29) is 11.5 Å². The highest BCUT2D eigenvalue weighted by atomic mass is 16.5. The van der Waals surface area contributed by atoms with Crippen molar-refractivity contribution < 1.29 is 28.9 Å². The van der Waals surface area contributed by atoms with Crippen LogP contribution in [0.5, 0.6) is 17.2 Å². The second kappa shape index (κ2) is 8.94. The number of anilines is 1. The Morgan fingerprint density at radius 3 is 2.32 bits per heavy atom. The summed E-state index contributed by atoms with van der Waals surface area (Å²) in [6, 6.07) is 6.51. The molecule has 2 aromatic rings. The number of benzene rings is 2. The van der Waals surface area contributed by atoms with Crippen LogP contribution in [0.3, 0.4) is 0 Å². The molecule has 0 saturated heterocycles. The molecule has 0 aliphatic rings. The van der Waals surface area contributed by atoms with Crippen LogP contribution in [-0.2, 0) is 4.79 Å². The van der Waals surface area contributed by atoms with Gasteiger partial charge >= 0.3 is 5.97 Å². The standard InChI is InChI=1S/C21H23NO6/c1-12-7-15(9-18(26-3)13(12)2)17(23)6-5-14-8-16(22)20(27-4)10-19(14)28-11-21(24)25/h5-10H,11,22H2,1-4H3,(H,24,25)/b6-5+. The van der Waals surface area contributed by atoms with E-state index in [4.69, 9.17) is 25.1 Å². The number of carboxylic acid groups (broad SMARTS) is 1. The Morgan fingerprint density at radius 1 is 1.04 bits per heavy atom. The van der Waals surface area contributed by atoms with E-state index in [0.29, 0.717) is 28.3 Å². The maximum atomic E-state index is 12.6. The summed E-state index contributed by atoms with van der Waals surface area (Å²) in [5.41, 5.74) is 9.10. The maximum Gasteiger partial charge on any atom is 0.341 e. The SMILES string of the molecule is COc1cc(OCC(=O)O)c(/C=C/C(=O)c2cc(C)c(C)c(OC)c2)cc1N. The van der Waals surface area contributed by atoms with Crippen LogP contribution in [0.1, 0.15) is 27.0 Å². The van der Waals surface area contributed by atoms with Gasteiger partial charge in [-0.25, -0.2) is 4.79 Å². The number of carbonyl (C=O) groups is 2. The van der Waals surface area contributed by atoms with Crippen molar-refractivity contribution in [2.75, 3.05) is 26.6 Å². The Kier molecular flexibility index (Phi) is 6.65. The summed E-state index contributed by atoms with van der Waals surface area (Å²) >= 11 is 0. The average Bonchev–Trinajstić information content (AvgIpc) is 2.66. The van der Waals surface area contributed by atoms with Gasteiger partial charge in [0.2, 0.25) is 0 Å². The normalized spacial score (nSPS) is 10.7. The Morgan fingerprint density at radius 2 is 1.71 bits per heavy atom. The van der Waals surface area contributed by atoms with Crippen molar-refractivity contribution in [2.24, 2.45) is 0 Å². The van der Waals surface area contributed by atoms with E-state index in [1.54, 1.807) is 25.3 Å². The van der Waals surface area contributed by atoms with Gasteiger partial charge in [-0.2, -0.15) is 0 Å². The van der Waals surface area contributed by atoms with E-state index >= 15 is 0 Å². The quantitative estimate of drug-likeness (QED) is 0.408. The fourth-order valence-electron chi connectivity index (χ4n) is 2.61. The topological polar surface area (TPSA) is 108 Å². The first-order valence-corrected chi connectivity index (χ1v) is 8.46. The first kappa shape index (κ1) is 20.8. The molecule has 2 aromatic carbocycles. The van der Waals surface area contributed by atoms with Crippen molar-refractivity contribution in [3.8, 4) is 17.2 Å². The van der Waals surface area contributed by atoms with E-state index in [1.807, 2.05) is 13.8 Å². The zero-order valence-corrected chi connectivity index (χ0v) is 16.2. The Bertz CT molecular complexity index is 933. The number of ketones is 1. The molecule has 0 amide bonds. The number of hydrogen-bond acceptors (Lipinski definition) is 6. The minimum absolute atomic E-state index is 0.236. The number of carbonyl (C=O) groups excluding carboxylic acids is 1. The van der Waals surface area contributed by atoms with Crippen molar-refractivity contribution in [3.05, 3.63) is 52.6 Å². The third kappa shape index (κ3) is 4.82. The van der Waals surface area contributed by atoms with Gasteiger partial charge in [0.25, 0.3) is 0 Å². The summed E-state index contributed by atoms with van der Waals surface area (Å²) < 4.78 is 15.7. The van der Waals surface area contributed by atoms with Crippen LogP contribution < -0.4 is 19.9 Å². The highest BCUT2D eigenvalue weighted by Crippen LogP contribution is 2.32. The second-order valence-corrected chi connectivity index (χ2v) is 6.13. The van der Waals surface area contributed by atoms with Gasteiger partial charge in [0.05, 0.1) is 19.9 Å². The van der Waals surface area contributed by atoms with E-state index < -0.39 is 12.6 Å². The van der Waals surface area contributed by atoms with E-state index in [0.717, 1.165) is 11.1 Å². The van der Waals surface area contributed by atoms with Crippen LogP contribution in [0, 0.1) is 13.8 Å². The number of carboxylic acids is 1. The van der Waals surface area contributed by atoms with Gasteiger partial charge in [0, 0.05) is 17.2 Å². The number of nitrogen functional groups attached to an aromatic ring is 1. The second-order valence-electron chi connectivity index (χ2n) is 6.13. The average molecular weight is 385 g/mol. The predicted molar refractivity (Wildman–Crippen MR) is 106 cm³/mol. The minimum atomic E-state index is -1.12. The van der Waals surface area contributed by atoms with Crippen LogP contribution in [0.2, 0.25) is 0 Å². The van der Waals surface area contributed by atoms with Gasteiger partial charge in [0.15, 0.2) is 12.4 Å². The van der Waals surface area contributed by atoms with E-state index in [9.17, 15) is 9.59 Å². The predicted octanol–water partition coefficient (Wildman–Crippen LogP) is 3.26. The highest BCUT2D eigenvalue weighted by molar-refractivity contribution is 6.07. The molecule has 0 saturated carbocycles. The molecule has 3 N–H and O–H groups in total. The zero-order chi connectivity index (χ0) is 20.8. The zero-order valence-electron chi connectivity index (χ0n) is 16.2. The molecule has 0 aromatic heterocycles. The van der Waals surface area contributed by atoms with Crippen molar-refractivity contribution in [3.63, 3.8) is 0 Å². The summed E-state index contributed by atoms with van der Waals surface area (Å²) in [5.74, 6) is -0.127. The van der Waals surface area contributed by atoms with Crippen LogP contribution in [-0.4, -0.2) is 37.7 Å². The molecule has 0 fully saturated rings. The molecular formula is C21H23NO6. The Balaban J connectivity index is 2.36. The van der Waals surface area contributed by atoms with E-state index in [2.05, 4.69) is 0 Å². The van der Waals surface area contributed by atoms with Gasteiger partial charge in [0.1, 0.15) is 17.2 Å². The number of aliphatic carboxylic acids is 1. The first-order chi connectivity index (χ1) is 13.3. The van der Waals surface area contributed by atoms with Gasteiger partial charge in [-0.1, -0.05) is 0 Å². The monoisotopic (exact) mass is 385 g/mol. The lowest BCUT2D eigenvalue weighted by Gasteiger charge is -2.12. The molecule has 0 unspecified atom stereocenters. The first-order valence-electron chi connectivity index (χ1n) is 8.46. The molecule has 7 heteroatoms. The van der Waals surface area contributed by atoms with Crippen molar-refractivity contribution in [2.45, 2.75) is 13.8 Å². The van der Waals surface area contributed by atoms with Crippen molar-refractivity contribution in [1.82, 2.24) is 0 Å². The number of allylic oxidation sites excluding steroid dienone is 1. The maximum absolute atomic E-state index is 12.6. The van der Waals surface area contributed by atoms with Crippen molar-refractivity contribution >= 4 is 23.5 Å².